The van der Waals surface area contributed by atoms with Gasteiger partial charge in [-0.2, -0.15) is 0 Å². The van der Waals surface area contributed by atoms with E-state index in [0.29, 0.717) is 31.0 Å². The third kappa shape index (κ3) is 6.50. The van der Waals surface area contributed by atoms with Gasteiger partial charge in [0.05, 0.1) is 0 Å². The molecule has 0 saturated carbocycles. The van der Waals surface area contributed by atoms with E-state index in [0.717, 1.165) is 22.0 Å². The molecule has 0 aliphatic rings. The van der Waals surface area contributed by atoms with Gasteiger partial charge in [-0.15, -0.1) is 0 Å². The van der Waals surface area contributed by atoms with Crippen LogP contribution in [0.4, 0.5) is 4.79 Å². The number of hydrogen-bond donors (Lipinski definition) is 3. The molecule has 2 amide bonds. The zero-order chi connectivity index (χ0) is 23.1. The number of carbonyl (C=O) groups excluding carboxylic acids is 2. The van der Waals surface area contributed by atoms with Crippen molar-refractivity contribution in [3.63, 3.8) is 0 Å². The summed E-state index contributed by atoms with van der Waals surface area (Å²) in [4.78, 5) is 27.5. The van der Waals surface area contributed by atoms with E-state index in [1.165, 1.54) is 0 Å². The first-order valence-electron chi connectivity index (χ1n) is 10.8. The molecule has 32 heavy (non-hydrogen) atoms. The molecule has 3 N–H and O–H groups in total. The van der Waals surface area contributed by atoms with Crippen molar-refractivity contribution >= 4 is 34.5 Å². The summed E-state index contributed by atoms with van der Waals surface area (Å²) in [5.74, 6) is -0.170. The highest BCUT2D eigenvalue weighted by atomic mass is 35.5. The van der Waals surface area contributed by atoms with E-state index in [4.69, 9.17) is 16.3 Å². The van der Waals surface area contributed by atoms with E-state index >= 15 is 0 Å². The number of H-pyrrole nitrogens is 1. The molecular weight excluding hydrogens is 426 g/mol. The zero-order valence-corrected chi connectivity index (χ0v) is 19.5. The topological polar surface area (TPSA) is 83.2 Å². The number of ether oxygens (including phenoxy) is 1. The van der Waals surface area contributed by atoms with Crippen LogP contribution >= 0.6 is 11.6 Å². The lowest BCUT2D eigenvalue weighted by atomic mass is 9.90. The maximum atomic E-state index is 12.5. The summed E-state index contributed by atoms with van der Waals surface area (Å²) in [6.07, 6.45) is 2.33. The summed E-state index contributed by atoms with van der Waals surface area (Å²) in [5.41, 5.74) is 2.54. The Kier molecular flexibility index (Phi) is 7.80. The average molecular weight is 456 g/mol. The molecule has 0 aliphatic carbocycles. The molecule has 3 aromatic rings. The highest BCUT2D eigenvalue weighted by molar-refractivity contribution is 6.31. The van der Waals surface area contributed by atoms with Crippen molar-refractivity contribution in [3.05, 3.63) is 70.9 Å². The van der Waals surface area contributed by atoms with Crippen molar-refractivity contribution in [1.29, 1.82) is 0 Å². The molecule has 0 spiro atoms. The second kappa shape index (κ2) is 10.6. The van der Waals surface area contributed by atoms with Crippen LogP contribution < -0.4 is 10.6 Å². The SMILES string of the molecule is CC(C)(C)OC(=O)NCCCC(=O)NCC(c1ccccc1Cl)c1c[nH]c2ccccc12. The summed E-state index contributed by atoms with van der Waals surface area (Å²) < 4.78 is 5.19. The van der Waals surface area contributed by atoms with Crippen LogP contribution in [-0.2, 0) is 9.53 Å². The van der Waals surface area contributed by atoms with Gasteiger partial charge in [0.25, 0.3) is 0 Å². The van der Waals surface area contributed by atoms with E-state index in [1.807, 2.05) is 69.4 Å². The molecular formula is C25H30ClN3O3. The third-order valence-electron chi connectivity index (χ3n) is 5.03. The van der Waals surface area contributed by atoms with Crippen molar-refractivity contribution in [2.75, 3.05) is 13.1 Å². The highest BCUT2D eigenvalue weighted by Gasteiger charge is 2.21. The molecule has 1 aromatic heterocycles. The number of rotatable bonds is 8. The number of fused-ring (bicyclic) bond motifs is 1. The van der Waals surface area contributed by atoms with Crippen LogP contribution in [0.15, 0.2) is 54.7 Å². The Hall–Kier alpha value is -2.99. The number of benzene rings is 2. The van der Waals surface area contributed by atoms with Gasteiger partial charge in [0, 0.05) is 47.6 Å². The maximum Gasteiger partial charge on any atom is 0.407 e. The molecule has 0 fully saturated rings. The number of aromatic nitrogens is 1. The van der Waals surface area contributed by atoms with Gasteiger partial charge in [0.2, 0.25) is 5.91 Å². The van der Waals surface area contributed by atoms with E-state index in [9.17, 15) is 9.59 Å². The molecule has 3 rings (SSSR count). The number of aromatic amines is 1. The molecule has 7 heteroatoms. The maximum absolute atomic E-state index is 12.5. The van der Waals surface area contributed by atoms with Crippen LogP contribution in [0.25, 0.3) is 10.9 Å². The van der Waals surface area contributed by atoms with Gasteiger partial charge >= 0.3 is 6.09 Å². The highest BCUT2D eigenvalue weighted by Crippen LogP contribution is 2.34. The Balaban J connectivity index is 1.61. The van der Waals surface area contributed by atoms with Gasteiger partial charge in [-0.3, -0.25) is 4.79 Å². The lowest BCUT2D eigenvalue weighted by Gasteiger charge is -2.20. The summed E-state index contributed by atoms with van der Waals surface area (Å²) in [6.45, 7) is 6.22. The minimum absolute atomic E-state index is 0.0760. The summed E-state index contributed by atoms with van der Waals surface area (Å²) in [7, 11) is 0. The van der Waals surface area contributed by atoms with E-state index in [1.54, 1.807) is 0 Å². The lowest BCUT2D eigenvalue weighted by Crippen LogP contribution is -2.34. The lowest BCUT2D eigenvalue weighted by molar-refractivity contribution is -0.121. The molecule has 0 aliphatic heterocycles. The third-order valence-corrected chi connectivity index (χ3v) is 5.37. The fourth-order valence-corrected chi connectivity index (χ4v) is 3.85. The molecule has 170 valence electrons. The summed E-state index contributed by atoms with van der Waals surface area (Å²) in [6, 6.07) is 15.8. The first-order chi connectivity index (χ1) is 15.2. The zero-order valence-electron chi connectivity index (χ0n) is 18.7. The van der Waals surface area contributed by atoms with Crippen LogP contribution in [0, 0.1) is 0 Å². The fraction of sp³-hybridized carbons (Fsp3) is 0.360. The molecule has 0 saturated heterocycles. The molecule has 2 aromatic carbocycles. The average Bonchev–Trinajstić information content (AvgIpc) is 3.15. The first kappa shape index (κ1) is 23.7. The molecule has 6 nitrogen and oxygen atoms in total. The second-order valence-corrected chi connectivity index (χ2v) is 9.11. The molecule has 1 heterocycles. The normalized spacial score (nSPS) is 12.4. The van der Waals surface area contributed by atoms with Crippen LogP contribution in [0.2, 0.25) is 5.02 Å². The minimum atomic E-state index is -0.544. The molecule has 1 unspecified atom stereocenters. The Bertz CT molecular complexity index is 1070. The van der Waals surface area contributed by atoms with Crippen molar-refractivity contribution in [3.8, 4) is 0 Å². The van der Waals surface area contributed by atoms with E-state index in [-0.39, 0.29) is 11.8 Å². The fourth-order valence-electron chi connectivity index (χ4n) is 3.59. The Labute approximate surface area is 193 Å². The van der Waals surface area contributed by atoms with Gasteiger partial charge in [0.1, 0.15) is 5.60 Å². The quantitative estimate of drug-likeness (QED) is 0.399. The largest absolute Gasteiger partial charge is 0.444 e. The first-order valence-corrected chi connectivity index (χ1v) is 11.2. The van der Waals surface area contributed by atoms with Crippen LogP contribution in [0.3, 0.4) is 0 Å². The standard InChI is InChI=1S/C25H30ClN3O3/c1-25(2,3)32-24(31)27-14-8-13-23(30)29-16-19(17-9-4-6-11-21(17)26)20-15-28-22-12-7-5-10-18(20)22/h4-7,9-12,15,19,28H,8,13-14,16H2,1-3H3,(H,27,31)(H,29,30). The van der Waals surface area contributed by atoms with Crippen molar-refractivity contribution < 1.29 is 14.3 Å². The van der Waals surface area contributed by atoms with Crippen molar-refractivity contribution in [2.24, 2.45) is 0 Å². The number of amides is 2. The van der Waals surface area contributed by atoms with Crippen LogP contribution in [0.5, 0.6) is 0 Å². The monoisotopic (exact) mass is 455 g/mol. The van der Waals surface area contributed by atoms with Crippen LogP contribution in [-0.4, -0.2) is 35.7 Å². The van der Waals surface area contributed by atoms with E-state index in [2.05, 4.69) is 21.7 Å². The number of nitrogens with one attached hydrogen (secondary N) is 3. The Morgan fingerprint density at radius 3 is 2.50 bits per heavy atom. The van der Waals surface area contributed by atoms with Crippen LogP contribution in [0.1, 0.15) is 50.7 Å². The number of carbonyl (C=O) groups is 2. The molecule has 1 atom stereocenters. The Morgan fingerprint density at radius 1 is 1.03 bits per heavy atom. The second-order valence-electron chi connectivity index (χ2n) is 8.70. The minimum Gasteiger partial charge on any atom is -0.444 e. The number of hydrogen-bond acceptors (Lipinski definition) is 3. The van der Waals surface area contributed by atoms with Gasteiger partial charge in [-0.1, -0.05) is 48.0 Å². The van der Waals surface area contributed by atoms with Gasteiger partial charge in [-0.05, 0) is 50.5 Å². The van der Waals surface area contributed by atoms with Gasteiger partial charge in [-0.25, -0.2) is 4.79 Å². The molecule has 0 radical (unpaired) electrons. The summed E-state index contributed by atoms with van der Waals surface area (Å²) >= 11 is 6.51. The predicted molar refractivity (Wildman–Crippen MR) is 128 cm³/mol. The number of alkyl carbamates (subject to hydrolysis) is 1. The molecule has 0 bridgehead atoms. The van der Waals surface area contributed by atoms with Gasteiger partial charge < -0.3 is 20.4 Å². The number of halogens is 1. The van der Waals surface area contributed by atoms with Gasteiger partial charge in [0.15, 0.2) is 0 Å². The number of para-hydroxylation sites is 1. The predicted octanol–water partition coefficient (Wildman–Crippen LogP) is 5.37. The smallest absolute Gasteiger partial charge is 0.407 e. The van der Waals surface area contributed by atoms with Crippen molar-refractivity contribution in [2.45, 2.75) is 45.1 Å². The van der Waals surface area contributed by atoms with E-state index < -0.39 is 11.7 Å². The summed E-state index contributed by atoms with van der Waals surface area (Å²) in [5, 5.41) is 7.48. The van der Waals surface area contributed by atoms with Crippen molar-refractivity contribution in [1.82, 2.24) is 15.6 Å². The Morgan fingerprint density at radius 2 is 1.75 bits per heavy atom.